The Bertz CT molecular complexity index is 487. The van der Waals surface area contributed by atoms with E-state index in [-0.39, 0.29) is 13.0 Å². The third-order valence-corrected chi connectivity index (χ3v) is 3.20. The summed E-state index contributed by atoms with van der Waals surface area (Å²) in [6.07, 6.45) is -3.10. The molecule has 0 spiro atoms. The summed E-state index contributed by atoms with van der Waals surface area (Å²) in [5.41, 5.74) is 0. The minimum atomic E-state index is -4.48. The third-order valence-electron chi connectivity index (χ3n) is 3.20. The normalized spacial score (nSPS) is 16.1. The largest absolute Gasteiger partial charge is 0.481 e. The smallest absolute Gasteiger partial charge is 0.451 e. The Morgan fingerprint density at radius 3 is 2.65 bits per heavy atom. The SMILES string of the molecule is O=C(O)CCCCN1CCn2c(nnc2C(F)(F)F)C1. The van der Waals surface area contributed by atoms with E-state index in [1.165, 1.54) is 0 Å². The molecule has 0 unspecified atom stereocenters. The lowest BCUT2D eigenvalue weighted by Crippen LogP contribution is -2.35. The second kappa shape index (κ2) is 5.78. The maximum Gasteiger partial charge on any atom is 0.451 e. The molecule has 9 heteroatoms. The summed E-state index contributed by atoms with van der Waals surface area (Å²) in [6.45, 7) is 1.66. The van der Waals surface area contributed by atoms with Crippen LogP contribution in [0.5, 0.6) is 0 Å². The van der Waals surface area contributed by atoms with Crippen molar-refractivity contribution in [1.29, 1.82) is 0 Å². The highest BCUT2D eigenvalue weighted by Crippen LogP contribution is 2.29. The first-order valence-corrected chi connectivity index (χ1v) is 6.31. The van der Waals surface area contributed by atoms with Crippen LogP contribution in [0.3, 0.4) is 0 Å². The van der Waals surface area contributed by atoms with Crippen LogP contribution in [0.25, 0.3) is 0 Å². The van der Waals surface area contributed by atoms with E-state index in [1.54, 1.807) is 0 Å². The van der Waals surface area contributed by atoms with E-state index in [0.717, 1.165) is 4.57 Å². The number of carboxylic acid groups (broad SMARTS) is 1. The number of hydrogen-bond donors (Lipinski definition) is 1. The molecule has 0 bridgehead atoms. The molecule has 2 rings (SSSR count). The number of rotatable bonds is 5. The van der Waals surface area contributed by atoms with Crippen LogP contribution in [0.15, 0.2) is 0 Å². The van der Waals surface area contributed by atoms with Gasteiger partial charge in [0.05, 0.1) is 6.54 Å². The van der Waals surface area contributed by atoms with Gasteiger partial charge in [-0.2, -0.15) is 13.2 Å². The number of hydrogen-bond acceptors (Lipinski definition) is 4. The van der Waals surface area contributed by atoms with Gasteiger partial charge >= 0.3 is 12.1 Å². The number of carboxylic acids is 1. The van der Waals surface area contributed by atoms with E-state index in [9.17, 15) is 18.0 Å². The first-order chi connectivity index (χ1) is 9.38. The van der Waals surface area contributed by atoms with Crippen LogP contribution in [0, 0.1) is 0 Å². The first-order valence-electron chi connectivity index (χ1n) is 6.31. The van der Waals surface area contributed by atoms with E-state index < -0.39 is 18.0 Å². The molecular weight excluding hydrogens is 277 g/mol. The zero-order chi connectivity index (χ0) is 14.8. The Morgan fingerprint density at radius 1 is 1.25 bits per heavy atom. The Labute approximate surface area is 113 Å². The number of nitrogens with zero attached hydrogens (tertiary/aromatic N) is 4. The van der Waals surface area contributed by atoms with Gasteiger partial charge in [-0.1, -0.05) is 0 Å². The van der Waals surface area contributed by atoms with Gasteiger partial charge in [0.25, 0.3) is 0 Å². The predicted octanol–water partition coefficient (Wildman–Crippen LogP) is 1.37. The highest BCUT2D eigenvalue weighted by molar-refractivity contribution is 5.66. The molecule has 1 aromatic heterocycles. The van der Waals surface area contributed by atoms with E-state index in [2.05, 4.69) is 10.2 Å². The molecule has 0 aromatic carbocycles. The van der Waals surface area contributed by atoms with Gasteiger partial charge in [0, 0.05) is 19.5 Å². The monoisotopic (exact) mass is 292 g/mol. The van der Waals surface area contributed by atoms with Crippen molar-refractivity contribution in [3.63, 3.8) is 0 Å². The molecule has 2 heterocycles. The Balaban J connectivity index is 1.89. The van der Waals surface area contributed by atoms with Gasteiger partial charge in [0.2, 0.25) is 5.82 Å². The Hall–Kier alpha value is -1.64. The topological polar surface area (TPSA) is 71.2 Å². The molecule has 0 fully saturated rings. The maximum atomic E-state index is 12.6. The van der Waals surface area contributed by atoms with Crippen molar-refractivity contribution >= 4 is 5.97 Å². The van der Waals surface area contributed by atoms with Gasteiger partial charge in [-0.3, -0.25) is 9.69 Å². The first kappa shape index (κ1) is 14.8. The lowest BCUT2D eigenvalue weighted by atomic mass is 10.2. The molecule has 0 atom stereocenters. The van der Waals surface area contributed by atoms with Gasteiger partial charge < -0.3 is 9.67 Å². The standard InChI is InChI=1S/C11H15F3N4O2/c12-11(13,14)10-16-15-8-7-17(5-6-18(8)10)4-2-1-3-9(19)20/h1-7H2,(H,19,20). The molecule has 0 amide bonds. The van der Waals surface area contributed by atoms with Crippen LogP contribution in [0.4, 0.5) is 13.2 Å². The van der Waals surface area contributed by atoms with Gasteiger partial charge in [-0.15, -0.1) is 10.2 Å². The summed E-state index contributed by atoms with van der Waals surface area (Å²) in [5.74, 6) is -1.47. The quantitative estimate of drug-likeness (QED) is 0.830. The molecule has 0 saturated heterocycles. The Morgan fingerprint density at radius 2 is 2.00 bits per heavy atom. The fraction of sp³-hybridized carbons (Fsp3) is 0.727. The van der Waals surface area contributed by atoms with Crippen LogP contribution < -0.4 is 0 Å². The number of aliphatic carboxylic acids is 1. The number of halogens is 3. The summed E-state index contributed by atoms with van der Waals surface area (Å²) < 4.78 is 39.0. The molecule has 1 aliphatic heterocycles. The van der Waals surface area contributed by atoms with Crippen molar-refractivity contribution in [2.45, 2.75) is 38.5 Å². The molecular formula is C11H15F3N4O2. The van der Waals surface area contributed by atoms with Crippen molar-refractivity contribution in [1.82, 2.24) is 19.7 Å². The molecule has 1 aliphatic rings. The van der Waals surface area contributed by atoms with Crippen molar-refractivity contribution in [3.8, 4) is 0 Å². The number of fused-ring (bicyclic) bond motifs is 1. The highest BCUT2D eigenvalue weighted by Gasteiger charge is 2.39. The van der Waals surface area contributed by atoms with Gasteiger partial charge in [-0.05, 0) is 19.4 Å². The van der Waals surface area contributed by atoms with E-state index in [0.29, 0.717) is 38.3 Å². The van der Waals surface area contributed by atoms with Crippen LogP contribution in [0.1, 0.15) is 30.9 Å². The summed E-state index contributed by atoms with van der Waals surface area (Å²) in [5, 5.41) is 15.3. The number of aromatic nitrogens is 3. The molecule has 0 radical (unpaired) electrons. The molecule has 0 aliphatic carbocycles. The van der Waals surface area contributed by atoms with Gasteiger partial charge in [0.1, 0.15) is 5.82 Å². The number of carbonyl (C=O) groups is 1. The average molecular weight is 292 g/mol. The highest BCUT2D eigenvalue weighted by atomic mass is 19.4. The third kappa shape index (κ3) is 3.47. The second-order valence-corrected chi connectivity index (χ2v) is 4.72. The molecule has 6 nitrogen and oxygen atoms in total. The number of unbranched alkanes of at least 4 members (excludes halogenated alkanes) is 1. The second-order valence-electron chi connectivity index (χ2n) is 4.72. The molecule has 20 heavy (non-hydrogen) atoms. The van der Waals surface area contributed by atoms with Crippen LogP contribution in [0.2, 0.25) is 0 Å². The molecule has 0 saturated carbocycles. The average Bonchev–Trinajstić information content (AvgIpc) is 2.77. The van der Waals surface area contributed by atoms with Crippen molar-refractivity contribution in [2.75, 3.05) is 13.1 Å². The lowest BCUT2D eigenvalue weighted by Gasteiger charge is -2.27. The predicted molar refractivity (Wildman–Crippen MR) is 61.8 cm³/mol. The van der Waals surface area contributed by atoms with Crippen LogP contribution in [-0.4, -0.2) is 43.8 Å². The minimum Gasteiger partial charge on any atom is -0.481 e. The molecule has 1 N–H and O–H groups in total. The summed E-state index contributed by atoms with van der Waals surface area (Å²) in [4.78, 5) is 12.3. The maximum absolute atomic E-state index is 12.6. The van der Waals surface area contributed by atoms with E-state index in [4.69, 9.17) is 5.11 Å². The minimum absolute atomic E-state index is 0.113. The zero-order valence-electron chi connectivity index (χ0n) is 10.7. The van der Waals surface area contributed by atoms with Crippen LogP contribution in [-0.2, 0) is 24.1 Å². The zero-order valence-corrected chi connectivity index (χ0v) is 10.7. The number of alkyl halides is 3. The lowest BCUT2D eigenvalue weighted by molar-refractivity contribution is -0.148. The Kier molecular flexibility index (Phi) is 4.26. The van der Waals surface area contributed by atoms with E-state index in [1.807, 2.05) is 4.90 Å². The van der Waals surface area contributed by atoms with E-state index >= 15 is 0 Å². The fourth-order valence-corrected chi connectivity index (χ4v) is 2.22. The molecule has 112 valence electrons. The van der Waals surface area contributed by atoms with Gasteiger partial charge in [-0.25, -0.2) is 0 Å². The summed E-state index contributed by atoms with van der Waals surface area (Å²) in [7, 11) is 0. The van der Waals surface area contributed by atoms with Crippen molar-refractivity contribution in [2.24, 2.45) is 0 Å². The van der Waals surface area contributed by atoms with Crippen molar-refractivity contribution in [3.05, 3.63) is 11.6 Å². The summed E-state index contributed by atoms with van der Waals surface area (Å²) >= 11 is 0. The van der Waals surface area contributed by atoms with Gasteiger partial charge in [0.15, 0.2) is 0 Å². The van der Waals surface area contributed by atoms with Crippen LogP contribution >= 0.6 is 0 Å². The fourth-order valence-electron chi connectivity index (χ4n) is 2.22. The molecule has 1 aromatic rings. The van der Waals surface area contributed by atoms with Crippen molar-refractivity contribution < 1.29 is 23.1 Å². The summed E-state index contributed by atoms with van der Waals surface area (Å²) in [6, 6.07) is 0.